The van der Waals surface area contributed by atoms with Gasteiger partial charge in [0.2, 0.25) is 0 Å². The first-order chi connectivity index (χ1) is 30.6. The van der Waals surface area contributed by atoms with Crippen molar-refractivity contribution < 1.29 is 14.4 Å². The lowest BCUT2D eigenvalue weighted by Crippen LogP contribution is -2.59. The zero-order valence-electron chi connectivity index (χ0n) is 38.7. The van der Waals surface area contributed by atoms with Crippen molar-refractivity contribution in [2.45, 2.75) is 144 Å². The molecular weight excluding hydrogens is 777 g/mol. The van der Waals surface area contributed by atoms with Crippen molar-refractivity contribution in [1.29, 1.82) is 0 Å². The van der Waals surface area contributed by atoms with E-state index in [-0.39, 0.29) is 30.2 Å². The number of carbonyl (C=O) groups excluding carboxylic acids is 3. The van der Waals surface area contributed by atoms with E-state index in [9.17, 15) is 9.59 Å². The first-order valence-corrected chi connectivity index (χ1v) is 24.0. The largest absolute Gasteiger partial charge is 0.338 e. The molecule has 4 amide bonds. The van der Waals surface area contributed by atoms with E-state index >= 15 is 4.79 Å². The van der Waals surface area contributed by atoms with Crippen molar-refractivity contribution in [3.05, 3.63) is 118 Å². The monoisotopic (exact) mass is 843 g/mol. The molecule has 0 spiro atoms. The quantitative estimate of drug-likeness (QED) is 0.0554. The van der Waals surface area contributed by atoms with E-state index < -0.39 is 17.8 Å². The number of rotatable bonds is 16. The van der Waals surface area contributed by atoms with Crippen LogP contribution in [-0.2, 0) is 9.59 Å². The summed E-state index contributed by atoms with van der Waals surface area (Å²) in [6, 6.07) is 25.9. The fraction of sp³-hybridized carbons (Fsp3) is 0.411. The van der Waals surface area contributed by atoms with Crippen LogP contribution in [0.5, 0.6) is 0 Å². The van der Waals surface area contributed by atoms with Crippen molar-refractivity contribution in [2.75, 3.05) is 6.54 Å². The standard InChI is InChI=1S/C56H66N4O3/c1-8-12-14-21-39(7)60-55(62)53(54(61)57(56(60)63)36-13-9-2)50-42(32-34-46-44-26-15-22-40-24-17-28-48(51(40)44)58(46)37(5)19-10-3)30-31-43(50)33-35-47-45-27-16-23-41-25-18-29-49(52(41)45)59(47)38(6)20-11-4/h15-18,22-29,32-35,37-39H,8-14,19-21,30-31,36H2,1-7H3/b42-32+,43-33+,46-34+,47-35?,53-50?. The summed E-state index contributed by atoms with van der Waals surface area (Å²) in [4.78, 5) is 47.1. The number of imide groups is 2. The van der Waals surface area contributed by atoms with Gasteiger partial charge in [-0.2, -0.15) is 0 Å². The maximum Gasteiger partial charge on any atom is 0.334 e. The molecule has 8 rings (SSSR count). The molecule has 6 aromatic rings. The smallest absolute Gasteiger partial charge is 0.334 e. The molecule has 63 heavy (non-hydrogen) atoms. The summed E-state index contributed by atoms with van der Waals surface area (Å²) in [5, 5.41) is 9.59. The number of unbranched alkanes of at least 4 members (excludes halogenated alkanes) is 3. The lowest BCUT2D eigenvalue weighted by molar-refractivity contribution is -0.137. The summed E-state index contributed by atoms with van der Waals surface area (Å²) >= 11 is 0. The zero-order chi connectivity index (χ0) is 44.4. The molecule has 2 aromatic heterocycles. The van der Waals surface area contributed by atoms with Gasteiger partial charge in [-0.25, -0.2) is 4.79 Å². The highest BCUT2D eigenvalue weighted by Crippen LogP contribution is 2.41. The van der Waals surface area contributed by atoms with Crippen molar-refractivity contribution in [3.8, 4) is 0 Å². The third-order valence-electron chi connectivity index (χ3n) is 13.8. The van der Waals surface area contributed by atoms with E-state index in [1.807, 2.05) is 6.92 Å². The molecule has 2 aliphatic rings. The molecule has 3 heterocycles. The van der Waals surface area contributed by atoms with E-state index in [1.165, 1.54) is 53.2 Å². The Morgan fingerprint density at radius 2 is 1.02 bits per heavy atom. The Balaban J connectivity index is 1.39. The molecule has 1 saturated heterocycles. The van der Waals surface area contributed by atoms with Crippen LogP contribution in [0.15, 0.2) is 107 Å². The highest BCUT2D eigenvalue weighted by molar-refractivity contribution is 6.30. The van der Waals surface area contributed by atoms with Crippen LogP contribution >= 0.6 is 0 Å². The van der Waals surface area contributed by atoms with E-state index in [1.54, 1.807) is 0 Å². The Kier molecular flexibility index (Phi) is 13.2. The van der Waals surface area contributed by atoms with Gasteiger partial charge in [-0.05, 0) is 111 Å². The minimum atomic E-state index is -0.486. The highest BCUT2D eigenvalue weighted by Gasteiger charge is 2.46. The number of hydrogen-bond acceptors (Lipinski definition) is 3. The minimum absolute atomic E-state index is 0.126. The molecular formula is C56H66N4O3. The lowest BCUT2D eigenvalue weighted by Gasteiger charge is -2.38. The summed E-state index contributed by atoms with van der Waals surface area (Å²) in [5.74, 6) is -0.944. The van der Waals surface area contributed by atoms with Gasteiger partial charge in [0.25, 0.3) is 11.8 Å². The van der Waals surface area contributed by atoms with Gasteiger partial charge in [0, 0.05) is 67.9 Å². The van der Waals surface area contributed by atoms with Gasteiger partial charge in [0.1, 0.15) is 5.57 Å². The molecule has 1 aliphatic heterocycles. The average molecular weight is 843 g/mol. The van der Waals surface area contributed by atoms with E-state index in [0.29, 0.717) is 31.3 Å². The third-order valence-corrected chi connectivity index (χ3v) is 13.8. The fourth-order valence-corrected chi connectivity index (χ4v) is 10.7. The first-order valence-electron chi connectivity index (χ1n) is 24.0. The molecule has 3 atom stereocenters. The van der Waals surface area contributed by atoms with Crippen molar-refractivity contribution in [3.63, 3.8) is 0 Å². The van der Waals surface area contributed by atoms with Crippen molar-refractivity contribution >= 4 is 73.3 Å². The van der Waals surface area contributed by atoms with Crippen LogP contribution in [0.2, 0.25) is 0 Å². The topological polar surface area (TPSA) is 67.6 Å². The third kappa shape index (κ3) is 7.98. The molecule has 4 aromatic carbocycles. The molecule has 3 unspecified atom stereocenters. The molecule has 0 radical (unpaired) electrons. The number of aromatic nitrogens is 2. The Labute approximate surface area is 373 Å². The molecule has 1 aliphatic carbocycles. The number of carbonyl (C=O) groups is 3. The predicted octanol–water partition coefficient (Wildman–Crippen LogP) is 12.8. The Hall–Kier alpha value is -5.69. The number of nitrogens with zero attached hydrogens (tertiary/aromatic N) is 4. The number of hydrogen-bond donors (Lipinski definition) is 0. The fourth-order valence-electron chi connectivity index (χ4n) is 10.7. The highest BCUT2D eigenvalue weighted by atomic mass is 16.2. The number of amides is 4. The van der Waals surface area contributed by atoms with E-state index in [0.717, 1.165) is 73.2 Å². The maximum atomic E-state index is 15.1. The van der Waals surface area contributed by atoms with E-state index in [4.69, 9.17) is 0 Å². The van der Waals surface area contributed by atoms with Gasteiger partial charge in [-0.3, -0.25) is 19.4 Å². The summed E-state index contributed by atoms with van der Waals surface area (Å²) in [5.41, 5.74) is 5.15. The second-order valence-corrected chi connectivity index (χ2v) is 18.2. The van der Waals surface area contributed by atoms with Crippen LogP contribution in [0.4, 0.5) is 4.79 Å². The van der Waals surface area contributed by atoms with Gasteiger partial charge < -0.3 is 9.13 Å². The Bertz CT molecular complexity index is 2730. The Morgan fingerprint density at radius 3 is 1.49 bits per heavy atom. The molecule has 1 saturated carbocycles. The molecule has 7 heteroatoms. The molecule has 2 fully saturated rings. The van der Waals surface area contributed by atoms with Gasteiger partial charge >= 0.3 is 6.03 Å². The van der Waals surface area contributed by atoms with Crippen LogP contribution in [0, 0.1) is 0 Å². The van der Waals surface area contributed by atoms with Crippen LogP contribution < -0.4 is 10.7 Å². The van der Waals surface area contributed by atoms with Crippen LogP contribution in [0.3, 0.4) is 0 Å². The predicted molar refractivity (Wildman–Crippen MR) is 262 cm³/mol. The summed E-state index contributed by atoms with van der Waals surface area (Å²) in [6.07, 6.45) is 19.5. The second kappa shape index (κ2) is 19.0. The summed E-state index contributed by atoms with van der Waals surface area (Å²) in [6.45, 7) is 15.5. The number of barbiturate groups is 1. The molecule has 328 valence electrons. The van der Waals surface area contributed by atoms with E-state index in [2.05, 4.69) is 148 Å². The van der Waals surface area contributed by atoms with Gasteiger partial charge in [-0.1, -0.05) is 139 Å². The normalized spacial score (nSPS) is 19.8. The van der Waals surface area contributed by atoms with Crippen LogP contribution in [0.1, 0.15) is 138 Å². The van der Waals surface area contributed by atoms with Crippen molar-refractivity contribution in [2.24, 2.45) is 0 Å². The van der Waals surface area contributed by atoms with Crippen LogP contribution in [-0.4, -0.2) is 49.4 Å². The van der Waals surface area contributed by atoms with Crippen LogP contribution in [0.25, 0.3) is 55.5 Å². The van der Waals surface area contributed by atoms with Gasteiger partial charge in [0.05, 0.1) is 0 Å². The number of allylic oxidation sites excluding steroid dienone is 5. The summed E-state index contributed by atoms with van der Waals surface area (Å²) < 4.78 is 4.96. The SMILES string of the molecule is CCCCCC(C)N1C(=O)C(=C2/C(=C/C=c3c4cccc5cccc(c54)n3C(C)CCC)CC/C2=C\C=c2/c3cccc4cccc(c43)n2C(C)CCC)C(=O)N(CCCC)C1=O. The molecule has 0 bridgehead atoms. The maximum absolute atomic E-state index is 15.1. The average Bonchev–Trinajstić information content (AvgIpc) is 3.93. The summed E-state index contributed by atoms with van der Waals surface area (Å²) in [7, 11) is 0. The van der Waals surface area contributed by atoms with Crippen molar-refractivity contribution in [1.82, 2.24) is 18.9 Å². The first kappa shape index (κ1) is 43.9. The second-order valence-electron chi connectivity index (χ2n) is 18.2. The van der Waals surface area contributed by atoms with Gasteiger partial charge in [0.15, 0.2) is 0 Å². The molecule has 7 nitrogen and oxygen atoms in total. The number of benzene rings is 4. The van der Waals surface area contributed by atoms with Gasteiger partial charge in [-0.15, -0.1) is 0 Å². The lowest BCUT2D eigenvalue weighted by atomic mass is 9.94. The minimum Gasteiger partial charge on any atom is -0.338 e. The number of urea groups is 1. The zero-order valence-corrected chi connectivity index (χ0v) is 38.7. The Morgan fingerprint density at radius 1 is 0.524 bits per heavy atom. The molecule has 0 N–H and O–H groups in total.